The Morgan fingerprint density at radius 1 is 1.15 bits per heavy atom. The summed E-state index contributed by atoms with van der Waals surface area (Å²) in [6, 6.07) is 15.5. The van der Waals surface area contributed by atoms with Crippen molar-refractivity contribution in [2.24, 2.45) is 5.73 Å². The molecule has 4 heteroatoms. The van der Waals surface area contributed by atoms with E-state index in [0.717, 1.165) is 22.6 Å². The fourth-order valence-electron chi connectivity index (χ4n) is 1.98. The predicted octanol–water partition coefficient (Wildman–Crippen LogP) is 2.34. The number of carbonyl (C=O) groups excluding carboxylic acids is 1. The van der Waals surface area contributed by atoms with E-state index in [1.54, 1.807) is 7.11 Å². The molecule has 0 radical (unpaired) electrons. The first kappa shape index (κ1) is 13.9. The number of ether oxygens (including phenoxy) is 1. The maximum atomic E-state index is 11.0. The molecule has 0 saturated carbocycles. The lowest BCUT2D eigenvalue weighted by Gasteiger charge is -2.11. The van der Waals surface area contributed by atoms with Gasteiger partial charge in [-0.3, -0.25) is 4.79 Å². The van der Waals surface area contributed by atoms with Crippen LogP contribution in [0.5, 0.6) is 5.75 Å². The minimum absolute atomic E-state index is 0.242. The highest BCUT2D eigenvalue weighted by Crippen LogP contribution is 2.17. The summed E-state index contributed by atoms with van der Waals surface area (Å²) in [7, 11) is 1.65. The van der Waals surface area contributed by atoms with Crippen LogP contribution in [0.1, 0.15) is 11.1 Å². The summed E-state index contributed by atoms with van der Waals surface area (Å²) in [6.45, 7) is 0.680. The number of para-hydroxylation sites is 1. The predicted molar refractivity (Wildman–Crippen MR) is 79.7 cm³/mol. The molecule has 0 bridgehead atoms. The van der Waals surface area contributed by atoms with Crippen LogP contribution in [0, 0.1) is 0 Å². The molecule has 0 aliphatic carbocycles. The van der Waals surface area contributed by atoms with Gasteiger partial charge in [-0.15, -0.1) is 0 Å². The molecular formula is C16H18N2O2. The Morgan fingerprint density at radius 2 is 1.85 bits per heavy atom. The molecule has 0 atom stereocenters. The Kier molecular flexibility index (Phi) is 4.60. The highest BCUT2D eigenvalue weighted by atomic mass is 16.5. The molecule has 104 valence electrons. The van der Waals surface area contributed by atoms with E-state index in [0.29, 0.717) is 6.54 Å². The summed E-state index contributed by atoms with van der Waals surface area (Å²) in [6.07, 6.45) is 0.242. The van der Waals surface area contributed by atoms with Gasteiger partial charge < -0.3 is 15.8 Å². The van der Waals surface area contributed by atoms with E-state index in [1.807, 2.05) is 48.5 Å². The molecule has 1 amide bonds. The summed E-state index contributed by atoms with van der Waals surface area (Å²) in [5.41, 5.74) is 8.23. The van der Waals surface area contributed by atoms with Crippen molar-refractivity contribution in [3.05, 3.63) is 59.7 Å². The van der Waals surface area contributed by atoms with Gasteiger partial charge in [0.2, 0.25) is 5.91 Å². The van der Waals surface area contributed by atoms with Gasteiger partial charge in [0, 0.05) is 12.2 Å². The SMILES string of the molecule is COc1ccc(CNc2ccccc2CC(N)=O)cc1. The summed E-state index contributed by atoms with van der Waals surface area (Å²) >= 11 is 0. The minimum atomic E-state index is -0.330. The van der Waals surface area contributed by atoms with Gasteiger partial charge in [-0.25, -0.2) is 0 Å². The van der Waals surface area contributed by atoms with E-state index in [4.69, 9.17) is 10.5 Å². The molecule has 0 fully saturated rings. The number of amides is 1. The van der Waals surface area contributed by atoms with Crippen molar-refractivity contribution in [2.75, 3.05) is 12.4 Å². The summed E-state index contributed by atoms with van der Waals surface area (Å²) in [4.78, 5) is 11.0. The van der Waals surface area contributed by atoms with Gasteiger partial charge in [0.15, 0.2) is 0 Å². The molecule has 0 aliphatic rings. The number of rotatable bonds is 6. The van der Waals surface area contributed by atoms with Gasteiger partial charge in [-0.05, 0) is 29.3 Å². The van der Waals surface area contributed by atoms with E-state index in [1.165, 1.54) is 0 Å². The summed E-state index contributed by atoms with van der Waals surface area (Å²) < 4.78 is 5.12. The fraction of sp³-hybridized carbons (Fsp3) is 0.188. The molecule has 4 nitrogen and oxygen atoms in total. The Balaban J connectivity index is 2.04. The molecule has 0 unspecified atom stereocenters. The van der Waals surface area contributed by atoms with E-state index >= 15 is 0 Å². The maximum Gasteiger partial charge on any atom is 0.221 e. The van der Waals surface area contributed by atoms with Crippen molar-refractivity contribution in [3.8, 4) is 5.75 Å². The normalized spacial score (nSPS) is 10.1. The van der Waals surface area contributed by atoms with Gasteiger partial charge in [-0.1, -0.05) is 30.3 Å². The van der Waals surface area contributed by atoms with E-state index in [9.17, 15) is 4.79 Å². The monoisotopic (exact) mass is 270 g/mol. The van der Waals surface area contributed by atoms with Crippen molar-refractivity contribution in [1.82, 2.24) is 0 Å². The number of carbonyl (C=O) groups is 1. The number of primary amides is 1. The number of nitrogens with one attached hydrogen (secondary N) is 1. The largest absolute Gasteiger partial charge is 0.497 e. The van der Waals surface area contributed by atoms with Crippen LogP contribution in [0.4, 0.5) is 5.69 Å². The van der Waals surface area contributed by atoms with Crippen LogP contribution < -0.4 is 15.8 Å². The Bertz CT molecular complexity index is 579. The number of methoxy groups -OCH3 is 1. The van der Waals surface area contributed by atoms with E-state index < -0.39 is 0 Å². The van der Waals surface area contributed by atoms with Gasteiger partial charge in [0.05, 0.1) is 13.5 Å². The number of hydrogen-bond donors (Lipinski definition) is 2. The lowest BCUT2D eigenvalue weighted by molar-refractivity contribution is -0.117. The standard InChI is InChI=1S/C16H18N2O2/c1-20-14-8-6-12(7-9-14)11-18-15-5-3-2-4-13(15)10-16(17)19/h2-9,18H,10-11H2,1H3,(H2,17,19). The zero-order chi connectivity index (χ0) is 14.4. The van der Waals surface area contributed by atoms with Gasteiger partial charge >= 0.3 is 0 Å². The highest BCUT2D eigenvalue weighted by molar-refractivity contribution is 5.78. The van der Waals surface area contributed by atoms with Crippen molar-refractivity contribution < 1.29 is 9.53 Å². The maximum absolute atomic E-state index is 11.0. The zero-order valence-corrected chi connectivity index (χ0v) is 11.4. The average molecular weight is 270 g/mol. The number of benzene rings is 2. The first-order valence-corrected chi connectivity index (χ1v) is 6.42. The second kappa shape index (κ2) is 6.61. The number of anilines is 1. The van der Waals surface area contributed by atoms with E-state index in [-0.39, 0.29) is 12.3 Å². The second-order valence-corrected chi connectivity index (χ2v) is 4.50. The Morgan fingerprint density at radius 3 is 2.50 bits per heavy atom. The fourth-order valence-corrected chi connectivity index (χ4v) is 1.98. The highest BCUT2D eigenvalue weighted by Gasteiger charge is 2.04. The topological polar surface area (TPSA) is 64.3 Å². The quantitative estimate of drug-likeness (QED) is 0.846. The van der Waals surface area contributed by atoms with Crippen molar-refractivity contribution in [1.29, 1.82) is 0 Å². The van der Waals surface area contributed by atoms with Crippen LogP contribution in [0.3, 0.4) is 0 Å². The van der Waals surface area contributed by atoms with Crippen LogP contribution in [0.25, 0.3) is 0 Å². The zero-order valence-electron chi connectivity index (χ0n) is 11.4. The molecule has 0 aromatic heterocycles. The molecular weight excluding hydrogens is 252 g/mol. The van der Waals surface area contributed by atoms with Crippen LogP contribution in [-0.4, -0.2) is 13.0 Å². The molecule has 0 spiro atoms. The number of nitrogens with two attached hydrogens (primary N) is 1. The molecule has 2 aromatic carbocycles. The molecule has 0 aliphatic heterocycles. The minimum Gasteiger partial charge on any atom is -0.497 e. The lowest BCUT2D eigenvalue weighted by atomic mass is 10.1. The lowest BCUT2D eigenvalue weighted by Crippen LogP contribution is -2.15. The third-order valence-electron chi connectivity index (χ3n) is 3.02. The molecule has 2 aromatic rings. The molecule has 20 heavy (non-hydrogen) atoms. The van der Waals surface area contributed by atoms with Gasteiger partial charge in [0.25, 0.3) is 0 Å². The van der Waals surface area contributed by atoms with Crippen molar-refractivity contribution in [2.45, 2.75) is 13.0 Å². The van der Waals surface area contributed by atoms with Gasteiger partial charge in [0.1, 0.15) is 5.75 Å². The second-order valence-electron chi connectivity index (χ2n) is 4.50. The van der Waals surface area contributed by atoms with Crippen LogP contribution in [0.2, 0.25) is 0 Å². The summed E-state index contributed by atoms with van der Waals surface area (Å²) in [5, 5.41) is 3.32. The third kappa shape index (κ3) is 3.75. The Labute approximate surface area is 118 Å². The summed E-state index contributed by atoms with van der Waals surface area (Å²) in [5.74, 6) is 0.506. The first-order valence-electron chi connectivity index (χ1n) is 6.42. The number of hydrogen-bond acceptors (Lipinski definition) is 3. The van der Waals surface area contributed by atoms with Crippen LogP contribution >= 0.6 is 0 Å². The molecule has 3 N–H and O–H groups in total. The van der Waals surface area contributed by atoms with Crippen LogP contribution in [0.15, 0.2) is 48.5 Å². The van der Waals surface area contributed by atoms with E-state index in [2.05, 4.69) is 5.32 Å². The smallest absolute Gasteiger partial charge is 0.221 e. The first-order chi connectivity index (χ1) is 9.69. The van der Waals surface area contributed by atoms with Gasteiger partial charge in [-0.2, -0.15) is 0 Å². The third-order valence-corrected chi connectivity index (χ3v) is 3.02. The molecule has 2 rings (SSSR count). The molecule has 0 heterocycles. The molecule has 0 saturated heterocycles. The van der Waals surface area contributed by atoms with Crippen LogP contribution in [-0.2, 0) is 17.8 Å². The van der Waals surface area contributed by atoms with Crippen molar-refractivity contribution >= 4 is 11.6 Å². The Hall–Kier alpha value is -2.49. The van der Waals surface area contributed by atoms with Crippen molar-refractivity contribution in [3.63, 3.8) is 0 Å². The average Bonchev–Trinajstić information content (AvgIpc) is 2.46.